The Morgan fingerprint density at radius 1 is 1.27 bits per heavy atom. The number of aromatic amines is 1. The molecule has 0 unspecified atom stereocenters. The topological polar surface area (TPSA) is 67.0 Å². The molecule has 1 heterocycles. The van der Waals surface area contributed by atoms with Gasteiger partial charge in [-0.1, -0.05) is 23.9 Å². The molecule has 0 radical (unpaired) electrons. The first-order chi connectivity index (χ1) is 12.6. The number of halogens is 1. The van der Waals surface area contributed by atoms with Gasteiger partial charge < -0.3 is 15.0 Å². The minimum Gasteiger partial charge on any atom is -0.497 e. The summed E-state index contributed by atoms with van der Waals surface area (Å²) in [5.74, 6) is 0.642. The molecule has 1 amide bonds. The summed E-state index contributed by atoms with van der Waals surface area (Å²) in [6, 6.07) is 13.7. The molecule has 5 nitrogen and oxygen atoms in total. The van der Waals surface area contributed by atoms with E-state index in [-0.39, 0.29) is 17.5 Å². The molecule has 0 saturated carbocycles. The lowest BCUT2D eigenvalue weighted by atomic mass is 10.2. The van der Waals surface area contributed by atoms with E-state index in [1.807, 2.05) is 24.3 Å². The van der Waals surface area contributed by atoms with Crippen LogP contribution in [0.25, 0.3) is 11.3 Å². The van der Waals surface area contributed by atoms with Crippen molar-refractivity contribution in [3.63, 3.8) is 0 Å². The third-order valence-corrected chi connectivity index (χ3v) is 4.56. The van der Waals surface area contributed by atoms with Crippen molar-refractivity contribution in [2.75, 3.05) is 12.9 Å². The largest absolute Gasteiger partial charge is 0.497 e. The zero-order chi connectivity index (χ0) is 18.4. The zero-order valence-electron chi connectivity index (χ0n) is 14.2. The maximum atomic E-state index is 13.0. The molecule has 0 atom stereocenters. The van der Waals surface area contributed by atoms with Crippen molar-refractivity contribution < 1.29 is 13.9 Å². The molecule has 26 heavy (non-hydrogen) atoms. The summed E-state index contributed by atoms with van der Waals surface area (Å²) >= 11 is 1.31. The van der Waals surface area contributed by atoms with Crippen LogP contribution >= 0.6 is 11.8 Å². The normalized spacial score (nSPS) is 10.5. The number of carbonyl (C=O) groups excluding carboxylic acids is 1. The number of nitrogens with one attached hydrogen (secondary N) is 2. The van der Waals surface area contributed by atoms with Crippen LogP contribution in [0.4, 0.5) is 4.39 Å². The van der Waals surface area contributed by atoms with Crippen LogP contribution in [0.5, 0.6) is 5.75 Å². The van der Waals surface area contributed by atoms with Gasteiger partial charge in [0.25, 0.3) is 0 Å². The molecule has 1 aromatic heterocycles. The Kier molecular flexibility index (Phi) is 5.91. The van der Waals surface area contributed by atoms with Gasteiger partial charge in [0.15, 0.2) is 5.16 Å². The molecule has 0 spiro atoms. The van der Waals surface area contributed by atoms with Crippen LogP contribution in [0.15, 0.2) is 59.9 Å². The summed E-state index contributed by atoms with van der Waals surface area (Å²) in [7, 11) is 1.61. The number of ether oxygens (including phenoxy) is 1. The van der Waals surface area contributed by atoms with E-state index >= 15 is 0 Å². The number of H-pyrrole nitrogens is 1. The van der Waals surface area contributed by atoms with Gasteiger partial charge in [0.2, 0.25) is 5.91 Å². The van der Waals surface area contributed by atoms with E-state index in [1.54, 1.807) is 25.4 Å². The maximum Gasteiger partial charge on any atom is 0.230 e. The Morgan fingerprint density at radius 3 is 2.85 bits per heavy atom. The van der Waals surface area contributed by atoms with Crippen LogP contribution in [0.2, 0.25) is 0 Å². The predicted molar refractivity (Wildman–Crippen MR) is 99.5 cm³/mol. The molecule has 134 valence electrons. The summed E-state index contributed by atoms with van der Waals surface area (Å²) in [6.45, 7) is 0.440. The highest BCUT2D eigenvalue weighted by molar-refractivity contribution is 7.99. The summed E-state index contributed by atoms with van der Waals surface area (Å²) < 4.78 is 18.1. The van der Waals surface area contributed by atoms with Crippen molar-refractivity contribution in [1.82, 2.24) is 15.3 Å². The van der Waals surface area contributed by atoms with Crippen molar-refractivity contribution in [3.05, 3.63) is 66.1 Å². The minimum atomic E-state index is -0.282. The van der Waals surface area contributed by atoms with Crippen LogP contribution < -0.4 is 10.1 Å². The van der Waals surface area contributed by atoms with Crippen LogP contribution in [-0.2, 0) is 11.3 Å². The summed E-state index contributed by atoms with van der Waals surface area (Å²) in [5.41, 5.74) is 2.59. The van der Waals surface area contributed by atoms with Gasteiger partial charge in [0, 0.05) is 6.54 Å². The van der Waals surface area contributed by atoms with Crippen molar-refractivity contribution in [3.8, 4) is 17.0 Å². The van der Waals surface area contributed by atoms with E-state index in [4.69, 9.17) is 4.74 Å². The minimum absolute atomic E-state index is 0.0856. The lowest BCUT2D eigenvalue weighted by Crippen LogP contribution is -2.24. The Balaban J connectivity index is 1.49. The molecule has 0 aliphatic heterocycles. The number of imidazole rings is 1. The number of methoxy groups -OCH3 is 1. The van der Waals surface area contributed by atoms with Crippen LogP contribution in [0, 0.1) is 5.82 Å². The first-order valence-electron chi connectivity index (χ1n) is 7.97. The zero-order valence-corrected chi connectivity index (χ0v) is 15.0. The molecule has 0 aliphatic carbocycles. The molecule has 3 rings (SSSR count). The molecule has 0 saturated heterocycles. The van der Waals surface area contributed by atoms with Gasteiger partial charge >= 0.3 is 0 Å². The highest BCUT2D eigenvalue weighted by Crippen LogP contribution is 2.21. The second-order valence-corrected chi connectivity index (χ2v) is 6.49. The third-order valence-electron chi connectivity index (χ3n) is 3.67. The first-order valence-corrected chi connectivity index (χ1v) is 8.96. The summed E-state index contributed by atoms with van der Waals surface area (Å²) in [6.07, 6.45) is 1.67. The molecule has 0 aliphatic rings. The van der Waals surface area contributed by atoms with Crippen molar-refractivity contribution in [2.24, 2.45) is 0 Å². The number of thioether (sulfide) groups is 1. The Labute approximate surface area is 155 Å². The second-order valence-electron chi connectivity index (χ2n) is 5.53. The van der Waals surface area contributed by atoms with Gasteiger partial charge in [0.05, 0.1) is 24.8 Å². The predicted octanol–water partition coefficient (Wildman–Crippen LogP) is 3.63. The lowest BCUT2D eigenvalue weighted by molar-refractivity contribution is -0.118. The smallest absolute Gasteiger partial charge is 0.230 e. The van der Waals surface area contributed by atoms with Gasteiger partial charge in [-0.2, -0.15) is 0 Å². The number of benzene rings is 2. The van der Waals surface area contributed by atoms with Crippen molar-refractivity contribution in [1.29, 1.82) is 0 Å². The van der Waals surface area contributed by atoms with E-state index in [0.717, 1.165) is 22.6 Å². The van der Waals surface area contributed by atoms with Crippen LogP contribution in [0.3, 0.4) is 0 Å². The van der Waals surface area contributed by atoms with Crippen LogP contribution in [0.1, 0.15) is 5.56 Å². The van der Waals surface area contributed by atoms with Gasteiger partial charge in [-0.3, -0.25) is 4.79 Å². The van der Waals surface area contributed by atoms with Gasteiger partial charge in [0.1, 0.15) is 11.6 Å². The highest BCUT2D eigenvalue weighted by Gasteiger charge is 2.08. The van der Waals surface area contributed by atoms with Gasteiger partial charge in [-0.25, -0.2) is 9.37 Å². The molecule has 2 aromatic carbocycles. The molecular weight excluding hydrogens is 353 g/mol. The Morgan fingerprint density at radius 2 is 2.08 bits per heavy atom. The number of hydrogen-bond acceptors (Lipinski definition) is 4. The average Bonchev–Trinajstić information content (AvgIpc) is 3.14. The fourth-order valence-electron chi connectivity index (χ4n) is 2.32. The summed E-state index contributed by atoms with van der Waals surface area (Å²) in [4.78, 5) is 19.4. The monoisotopic (exact) mass is 371 g/mol. The highest BCUT2D eigenvalue weighted by atomic mass is 32.2. The van der Waals surface area contributed by atoms with Crippen molar-refractivity contribution in [2.45, 2.75) is 11.7 Å². The van der Waals surface area contributed by atoms with E-state index in [0.29, 0.717) is 11.7 Å². The van der Waals surface area contributed by atoms with Crippen LogP contribution in [-0.4, -0.2) is 28.7 Å². The molecule has 0 fully saturated rings. The first kappa shape index (κ1) is 18.0. The maximum absolute atomic E-state index is 13.0. The van der Waals surface area contributed by atoms with Gasteiger partial charge in [-0.15, -0.1) is 0 Å². The SMILES string of the molecule is COc1cccc(CNC(=O)CSc2ncc(-c3ccc(F)cc3)[nH]2)c1. The second kappa shape index (κ2) is 8.53. The number of carbonyl (C=O) groups is 1. The summed E-state index contributed by atoms with van der Waals surface area (Å²) in [5, 5.41) is 3.51. The molecule has 3 aromatic rings. The van der Waals surface area contributed by atoms with E-state index < -0.39 is 0 Å². The fraction of sp³-hybridized carbons (Fsp3) is 0.158. The van der Waals surface area contributed by atoms with E-state index in [2.05, 4.69) is 15.3 Å². The van der Waals surface area contributed by atoms with E-state index in [9.17, 15) is 9.18 Å². The molecule has 0 bridgehead atoms. The van der Waals surface area contributed by atoms with Gasteiger partial charge in [-0.05, 0) is 47.5 Å². The third kappa shape index (κ3) is 4.86. The molecule has 7 heteroatoms. The molecular formula is C19H18FN3O2S. The number of aromatic nitrogens is 2. The molecule has 2 N–H and O–H groups in total. The number of hydrogen-bond donors (Lipinski definition) is 2. The Bertz CT molecular complexity index is 881. The number of rotatable bonds is 7. The Hall–Kier alpha value is -2.80. The standard InChI is InChI=1S/C19H18FN3O2S/c1-25-16-4-2-3-13(9-16)10-21-18(24)12-26-19-22-11-17(23-19)14-5-7-15(20)8-6-14/h2-9,11H,10,12H2,1H3,(H,21,24)(H,22,23). The van der Waals surface area contributed by atoms with Crippen molar-refractivity contribution >= 4 is 17.7 Å². The quantitative estimate of drug-likeness (QED) is 0.623. The number of nitrogens with zero attached hydrogens (tertiary/aromatic N) is 1. The average molecular weight is 371 g/mol. The number of amides is 1. The van der Waals surface area contributed by atoms with E-state index in [1.165, 1.54) is 23.9 Å². The lowest BCUT2D eigenvalue weighted by Gasteiger charge is -2.06. The fourth-order valence-corrected chi connectivity index (χ4v) is 3.00.